The Labute approximate surface area is 114 Å². The topological polar surface area (TPSA) is 0 Å². The zero-order chi connectivity index (χ0) is 12.5. The van der Waals surface area contributed by atoms with Gasteiger partial charge in [-0.15, -0.1) is 0 Å². The van der Waals surface area contributed by atoms with Gasteiger partial charge in [-0.2, -0.15) is 0 Å². The van der Waals surface area contributed by atoms with Gasteiger partial charge in [0, 0.05) is 0 Å². The van der Waals surface area contributed by atoms with Crippen LogP contribution in [0.25, 0.3) is 0 Å². The molecule has 0 nitrogen and oxygen atoms in total. The first-order valence-corrected chi connectivity index (χ1v) is 8.27. The van der Waals surface area contributed by atoms with Crippen molar-refractivity contribution in [3.05, 3.63) is 24.3 Å². The van der Waals surface area contributed by atoms with Crippen molar-refractivity contribution >= 4 is 0 Å². The van der Waals surface area contributed by atoms with Crippen LogP contribution in [0.2, 0.25) is 0 Å². The zero-order valence-electron chi connectivity index (χ0n) is 11.9. The molecule has 2 fully saturated rings. The SMILES string of the molecule is C(C=CCC1CCCCC1)=CCC1CCCCC1. The van der Waals surface area contributed by atoms with Gasteiger partial charge in [-0.05, 0) is 24.7 Å². The van der Waals surface area contributed by atoms with E-state index in [1.54, 1.807) is 0 Å². The lowest BCUT2D eigenvalue weighted by Gasteiger charge is -2.19. The van der Waals surface area contributed by atoms with Gasteiger partial charge in [-0.3, -0.25) is 0 Å². The fourth-order valence-electron chi connectivity index (χ4n) is 3.54. The van der Waals surface area contributed by atoms with Crippen molar-refractivity contribution in [2.24, 2.45) is 11.8 Å². The molecule has 0 heterocycles. The molecule has 0 amide bonds. The first-order chi connectivity index (χ1) is 8.95. The highest BCUT2D eigenvalue weighted by atomic mass is 14.2. The van der Waals surface area contributed by atoms with Crippen molar-refractivity contribution < 1.29 is 0 Å². The van der Waals surface area contributed by atoms with E-state index in [4.69, 9.17) is 0 Å². The van der Waals surface area contributed by atoms with Crippen LogP contribution < -0.4 is 0 Å². The number of rotatable bonds is 5. The van der Waals surface area contributed by atoms with Gasteiger partial charge in [0.15, 0.2) is 0 Å². The molecule has 0 heteroatoms. The van der Waals surface area contributed by atoms with E-state index in [0.29, 0.717) is 0 Å². The fraction of sp³-hybridized carbons (Fsp3) is 0.778. The number of hydrogen-bond donors (Lipinski definition) is 0. The van der Waals surface area contributed by atoms with Gasteiger partial charge < -0.3 is 0 Å². The van der Waals surface area contributed by atoms with Crippen molar-refractivity contribution in [1.29, 1.82) is 0 Å². The average Bonchev–Trinajstić information content (AvgIpc) is 2.45. The third-order valence-corrected chi connectivity index (χ3v) is 4.77. The predicted molar refractivity (Wildman–Crippen MR) is 80.7 cm³/mol. The quantitative estimate of drug-likeness (QED) is 0.519. The molecule has 0 aromatic carbocycles. The van der Waals surface area contributed by atoms with Gasteiger partial charge in [0.05, 0.1) is 0 Å². The molecule has 0 N–H and O–H groups in total. The Balaban J connectivity index is 1.55. The first kappa shape index (κ1) is 13.9. The van der Waals surface area contributed by atoms with Crippen molar-refractivity contribution in [2.75, 3.05) is 0 Å². The van der Waals surface area contributed by atoms with E-state index in [1.165, 1.54) is 77.0 Å². The maximum atomic E-state index is 2.40. The van der Waals surface area contributed by atoms with E-state index < -0.39 is 0 Å². The van der Waals surface area contributed by atoms with E-state index in [1.807, 2.05) is 0 Å². The summed E-state index contributed by atoms with van der Waals surface area (Å²) in [7, 11) is 0. The summed E-state index contributed by atoms with van der Waals surface area (Å²) in [4.78, 5) is 0. The third-order valence-electron chi connectivity index (χ3n) is 4.77. The maximum absolute atomic E-state index is 2.40. The van der Waals surface area contributed by atoms with Crippen molar-refractivity contribution in [3.8, 4) is 0 Å². The van der Waals surface area contributed by atoms with Gasteiger partial charge in [-0.1, -0.05) is 88.5 Å². The molecule has 18 heavy (non-hydrogen) atoms. The summed E-state index contributed by atoms with van der Waals surface area (Å²) in [5, 5.41) is 0. The lowest BCUT2D eigenvalue weighted by Crippen LogP contribution is -2.04. The Morgan fingerprint density at radius 1 is 0.556 bits per heavy atom. The van der Waals surface area contributed by atoms with Crippen molar-refractivity contribution in [1.82, 2.24) is 0 Å². The number of hydrogen-bond acceptors (Lipinski definition) is 0. The predicted octanol–water partition coefficient (Wildman–Crippen LogP) is 6.04. The van der Waals surface area contributed by atoms with Crippen LogP contribution in [0.4, 0.5) is 0 Å². The Bertz CT molecular complexity index is 221. The molecule has 0 aliphatic heterocycles. The lowest BCUT2D eigenvalue weighted by atomic mass is 9.86. The molecule has 0 bridgehead atoms. The van der Waals surface area contributed by atoms with Crippen molar-refractivity contribution in [2.45, 2.75) is 77.0 Å². The van der Waals surface area contributed by atoms with Crippen LogP contribution in [0, 0.1) is 11.8 Å². The van der Waals surface area contributed by atoms with Crippen LogP contribution in [-0.2, 0) is 0 Å². The molecule has 0 aromatic heterocycles. The van der Waals surface area contributed by atoms with Gasteiger partial charge >= 0.3 is 0 Å². The summed E-state index contributed by atoms with van der Waals surface area (Å²) in [6.45, 7) is 0. The molecule has 0 spiro atoms. The molecular formula is C18H30. The van der Waals surface area contributed by atoms with Crippen LogP contribution in [0.3, 0.4) is 0 Å². The lowest BCUT2D eigenvalue weighted by molar-refractivity contribution is 0.361. The van der Waals surface area contributed by atoms with E-state index in [2.05, 4.69) is 24.3 Å². The summed E-state index contributed by atoms with van der Waals surface area (Å²) in [5.41, 5.74) is 0. The van der Waals surface area contributed by atoms with Crippen LogP contribution in [0.15, 0.2) is 24.3 Å². The minimum Gasteiger partial charge on any atom is -0.0843 e. The van der Waals surface area contributed by atoms with E-state index >= 15 is 0 Å². The van der Waals surface area contributed by atoms with E-state index in [0.717, 1.165) is 11.8 Å². The second kappa shape index (κ2) is 8.56. The minimum atomic E-state index is 0.988. The largest absolute Gasteiger partial charge is 0.0843 e. The number of allylic oxidation sites excluding steroid dienone is 4. The summed E-state index contributed by atoms with van der Waals surface area (Å²) < 4.78 is 0. The highest BCUT2D eigenvalue weighted by Gasteiger charge is 2.11. The molecule has 102 valence electrons. The summed E-state index contributed by atoms with van der Waals surface area (Å²) >= 11 is 0. The van der Waals surface area contributed by atoms with Crippen LogP contribution in [0.5, 0.6) is 0 Å². The minimum absolute atomic E-state index is 0.988. The van der Waals surface area contributed by atoms with Gasteiger partial charge in [0.1, 0.15) is 0 Å². The highest BCUT2D eigenvalue weighted by Crippen LogP contribution is 2.27. The molecule has 0 unspecified atom stereocenters. The van der Waals surface area contributed by atoms with Gasteiger partial charge in [0.25, 0.3) is 0 Å². The summed E-state index contributed by atoms with van der Waals surface area (Å²) in [6, 6.07) is 0. The zero-order valence-corrected chi connectivity index (χ0v) is 11.9. The van der Waals surface area contributed by atoms with E-state index in [-0.39, 0.29) is 0 Å². The second-order valence-corrected chi connectivity index (χ2v) is 6.34. The molecule has 2 saturated carbocycles. The van der Waals surface area contributed by atoms with Crippen LogP contribution in [0.1, 0.15) is 77.0 Å². The normalized spacial score (nSPS) is 24.2. The van der Waals surface area contributed by atoms with Crippen LogP contribution in [-0.4, -0.2) is 0 Å². The third kappa shape index (κ3) is 5.42. The fourth-order valence-corrected chi connectivity index (χ4v) is 3.54. The molecule has 0 aromatic rings. The Hall–Kier alpha value is -0.520. The Morgan fingerprint density at radius 3 is 1.33 bits per heavy atom. The molecular weight excluding hydrogens is 216 g/mol. The first-order valence-electron chi connectivity index (χ1n) is 8.27. The van der Waals surface area contributed by atoms with Crippen molar-refractivity contribution in [3.63, 3.8) is 0 Å². The monoisotopic (exact) mass is 246 g/mol. The van der Waals surface area contributed by atoms with Crippen LogP contribution >= 0.6 is 0 Å². The smallest absolute Gasteiger partial charge is 0.0319 e. The summed E-state index contributed by atoms with van der Waals surface area (Å²) in [5.74, 6) is 1.98. The average molecular weight is 246 g/mol. The molecule has 0 saturated heterocycles. The van der Waals surface area contributed by atoms with Gasteiger partial charge in [0.2, 0.25) is 0 Å². The molecule has 2 aliphatic carbocycles. The molecule has 2 aliphatic rings. The summed E-state index contributed by atoms with van der Waals surface area (Å²) in [6.07, 6.45) is 26.7. The second-order valence-electron chi connectivity index (χ2n) is 6.34. The standard InChI is InChI=1S/C18H30/c1(5-11-17-13-7-3-8-14-17)2-6-12-18-15-9-4-10-16-18/h1-2,5-6,17-18H,3-4,7-16H2. The molecule has 2 rings (SSSR count). The Kier molecular flexibility index (Phi) is 6.61. The molecule has 0 radical (unpaired) electrons. The van der Waals surface area contributed by atoms with E-state index in [9.17, 15) is 0 Å². The van der Waals surface area contributed by atoms with Gasteiger partial charge in [-0.25, -0.2) is 0 Å². The highest BCUT2D eigenvalue weighted by molar-refractivity contribution is 5.03. The molecule has 0 atom stereocenters. The Morgan fingerprint density at radius 2 is 0.944 bits per heavy atom. The maximum Gasteiger partial charge on any atom is -0.0319 e.